The van der Waals surface area contributed by atoms with Gasteiger partial charge in [0.1, 0.15) is 5.75 Å². The summed E-state index contributed by atoms with van der Waals surface area (Å²) in [5.41, 5.74) is 0.496. The van der Waals surface area contributed by atoms with Crippen LogP contribution in [-0.4, -0.2) is 26.8 Å². The first-order chi connectivity index (χ1) is 7.18. The molecule has 1 aromatic rings. The van der Waals surface area contributed by atoms with Crippen LogP contribution < -0.4 is 0 Å². The summed E-state index contributed by atoms with van der Waals surface area (Å²) >= 11 is 0. The Bertz CT molecular complexity index is 436. The first kappa shape index (κ1) is 9.39. The molecule has 1 aromatic heterocycles. The molecule has 5 heteroatoms. The van der Waals surface area contributed by atoms with Gasteiger partial charge in [0.15, 0.2) is 0 Å². The number of nitrogens with zero attached hydrogens (tertiary/aromatic N) is 2. The number of carbonyl (C=O) groups excluding carboxylic acids is 2. The van der Waals surface area contributed by atoms with Crippen molar-refractivity contribution in [3.05, 3.63) is 36.2 Å². The van der Waals surface area contributed by atoms with Crippen molar-refractivity contribution >= 4 is 11.8 Å². The van der Waals surface area contributed by atoms with Crippen molar-refractivity contribution in [1.82, 2.24) is 9.88 Å². The molecule has 0 radical (unpaired) electrons. The van der Waals surface area contributed by atoms with E-state index in [4.69, 9.17) is 0 Å². The number of rotatable bonds is 2. The Morgan fingerprint density at radius 1 is 1.27 bits per heavy atom. The molecular weight excluding hydrogens is 196 g/mol. The van der Waals surface area contributed by atoms with Crippen molar-refractivity contribution in [2.45, 2.75) is 6.54 Å². The summed E-state index contributed by atoms with van der Waals surface area (Å²) in [6, 6.07) is 1.56. The van der Waals surface area contributed by atoms with Crippen LogP contribution >= 0.6 is 0 Å². The minimum absolute atomic E-state index is 0.0231. The van der Waals surface area contributed by atoms with Crippen molar-refractivity contribution in [2.24, 2.45) is 0 Å². The Kier molecular flexibility index (Phi) is 2.21. The molecule has 0 spiro atoms. The summed E-state index contributed by atoms with van der Waals surface area (Å²) in [7, 11) is 0. The topological polar surface area (TPSA) is 70.5 Å². The van der Waals surface area contributed by atoms with E-state index >= 15 is 0 Å². The lowest BCUT2D eigenvalue weighted by Crippen LogP contribution is -2.29. The van der Waals surface area contributed by atoms with Gasteiger partial charge in [-0.25, -0.2) is 0 Å². The van der Waals surface area contributed by atoms with E-state index in [-0.39, 0.29) is 24.1 Å². The minimum Gasteiger partial charge on any atom is -0.506 e. The number of aromatic nitrogens is 1. The van der Waals surface area contributed by atoms with Gasteiger partial charge in [0.2, 0.25) is 0 Å². The zero-order valence-electron chi connectivity index (χ0n) is 7.75. The van der Waals surface area contributed by atoms with Gasteiger partial charge in [-0.2, -0.15) is 0 Å². The number of hydrogen-bond donors (Lipinski definition) is 1. The molecule has 2 rings (SSSR count). The summed E-state index contributed by atoms with van der Waals surface area (Å²) in [6.07, 6.45) is 5.18. The number of pyridine rings is 1. The number of amides is 2. The van der Waals surface area contributed by atoms with Gasteiger partial charge < -0.3 is 5.11 Å². The molecule has 0 saturated carbocycles. The quantitative estimate of drug-likeness (QED) is 0.699. The second-order valence-electron chi connectivity index (χ2n) is 3.10. The standard InChI is InChI=1S/C10H8N2O3/c13-8-5-11-4-3-7(8)6-12-9(14)1-2-10(12)15/h1-5,13H,6H2. The van der Waals surface area contributed by atoms with Gasteiger partial charge in [-0.1, -0.05) is 0 Å². The van der Waals surface area contributed by atoms with E-state index in [1.165, 1.54) is 24.5 Å². The molecule has 0 fully saturated rings. The molecule has 0 saturated heterocycles. The predicted octanol–water partition coefficient (Wildman–Crippen LogP) is 0.212. The van der Waals surface area contributed by atoms with Crippen LogP contribution in [0, 0.1) is 0 Å². The van der Waals surface area contributed by atoms with Gasteiger partial charge in [0, 0.05) is 23.9 Å². The Morgan fingerprint density at radius 3 is 2.53 bits per heavy atom. The van der Waals surface area contributed by atoms with Gasteiger partial charge >= 0.3 is 0 Å². The monoisotopic (exact) mass is 204 g/mol. The average molecular weight is 204 g/mol. The highest BCUT2D eigenvalue weighted by molar-refractivity contribution is 6.12. The fourth-order valence-corrected chi connectivity index (χ4v) is 1.31. The number of carbonyl (C=O) groups is 2. The van der Waals surface area contributed by atoms with E-state index < -0.39 is 0 Å². The highest BCUT2D eigenvalue weighted by Crippen LogP contribution is 2.18. The molecule has 0 bridgehead atoms. The van der Waals surface area contributed by atoms with Crippen LogP contribution in [0.3, 0.4) is 0 Å². The lowest BCUT2D eigenvalue weighted by atomic mass is 10.2. The fourth-order valence-electron chi connectivity index (χ4n) is 1.31. The first-order valence-corrected chi connectivity index (χ1v) is 4.34. The molecule has 0 unspecified atom stereocenters. The molecule has 2 heterocycles. The molecule has 2 amide bonds. The maximum atomic E-state index is 11.2. The first-order valence-electron chi connectivity index (χ1n) is 4.34. The third-order valence-corrected chi connectivity index (χ3v) is 2.12. The third-order valence-electron chi connectivity index (χ3n) is 2.12. The van der Waals surface area contributed by atoms with Crippen LogP contribution in [0.4, 0.5) is 0 Å². The van der Waals surface area contributed by atoms with Crippen LogP contribution in [0.1, 0.15) is 5.56 Å². The summed E-state index contributed by atoms with van der Waals surface area (Å²) in [6.45, 7) is 0.0685. The number of hydrogen-bond acceptors (Lipinski definition) is 4. The number of aromatic hydroxyl groups is 1. The zero-order chi connectivity index (χ0) is 10.8. The van der Waals surface area contributed by atoms with Gasteiger partial charge in [-0.05, 0) is 6.07 Å². The van der Waals surface area contributed by atoms with Crippen LogP contribution in [0.15, 0.2) is 30.6 Å². The smallest absolute Gasteiger partial charge is 0.253 e. The summed E-state index contributed by atoms with van der Waals surface area (Å²) in [4.78, 5) is 27.2. The van der Waals surface area contributed by atoms with Crippen molar-refractivity contribution in [3.8, 4) is 5.75 Å². The molecule has 5 nitrogen and oxygen atoms in total. The SMILES string of the molecule is O=C1C=CC(=O)N1Cc1ccncc1O. The average Bonchev–Trinajstić information content (AvgIpc) is 2.53. The van der Waals surface area contributed by atoms with Crippen molar-refractivity contribution < 1.29 is 14.7 Å². The Morgan fingerprint density at radius 2 is 1.93 bits per heavy atom. The van der Waals surface area contributed by atoms with Crippen LogP contribution in [0.25, 0.3) is 0 Å². The van der Waals surface area contributed by atoms with E-state index in [0.29, 0.717) is 5.56 Å². The molecule has 1 aliphatic rings. The van der Waals surface area contributed by atoms with Crippen LogP contribution in [0.2, 0.25) is 0 Å². The van der Waals surface area contributed by atoms with Gasteiger partial charge in [0.05, 0.1) is 12.7 Å². The van der Waals surface area contributed by atoms with E-state index in [1.807, 2.05) is 0 Å². The van der Waals surface area contributed by atoms with Crippen LogP contribution in [0.5, 0.6) is 5.75 Å². The maximum absolute atomic E-state index is 11.2. The second kappa shape index (κ2) is 3.53. The fraction of sp³-hybridized carbons (Fsp3) is 0.100. The largest absolute Gasteiger partial charge is 0.506 e. The van der Waals surface area contributed by atoms with Crippen molar-refractivity contribution in [3.63, 3.8) is 0 Å². The van der Waals surface area contributed by atoms with Crippen LogP contribution in [-0.2, 0) is 16.1 Å². The Hall–Kier alpha value is -2.17. The lowest BCUT2D eigenvalue weighted by molar-refractivity contribution is -0.137. The molecule has 15 heavy (non-hydrogen) atoms. The zero-order valence-corrected chi connectivity index (χ0v) is 7.75. The highest BCUT2D eigenvalue weighted by atomic mass is 16.3. The van der Waals surface area contributed by atoms with E-state index in [0.717, 1.165) is 4.90 Å². The van der Waals surface area contributed by atoms with Crippen molar-refractivity contribution in [2.75, 3.05) is 0 Å². The summed E-state index contributed by atoms with van der Waals surface area (Å²) in [5, 5.41) is 9.41. The molecule has 0 aromatic carbocycles. The van der Waals surface area contributed by atoms with Gasteiger partial charge in [0.25, 0.3) is 11.8 Å². The van der Waals surface area contributed by atoms with Gasteiger partial charge in [-0.15, -0.1) is 0 Å². The summed E-state index contributed by atoms with van der Waals surface area (Å²) in [5.74, 6) is -0.752. The van der Waals surface area contributed by atoms with Crippen molar-refractivity contribution in [1.29, 1.82) is 0 Å². The van der Waals surface area contributed by atoms with E-state index in [1.54, 1.807) is 6.07 Å². The van der Waals surface area contributed by atoms with Gasteiger partial charge in [-0.3, -0.25) is 19.5 Å². The van der Waals surface area contributed by atoms with E-state index in [9.17, 15) is 14.7 Å². The summed E-state index contributed by atoms with van der Waals surface area (Å²) < 4.78 is 0. The molecule has 0 aliphatic carbocycles. The molecule has 1 N–H and O–H groups in total. The molecule has 1 aliphatic heterocycles. The minimum atomic E-state index is -0.365. The molecular formula is C10H8N2O3. The maximum Gasteiger partial charge on any atom is 0.253 e. The Labute approximate surface area is 85.7 Å². The molecule has 76 valence electrons. The lowest BCUT2D eigenvalue weighted by Gasteiger charge is -2.13. The normalized spacial score (nSPS) is 15.1. The molecule has 0 atom stereocenters. The predicted molar refractivity (Wildman–Crippen MR) is 50.6 cm³/mol. The number of imide groups is 1. The Balaban J connectivity index is 2.20. The third kappa shape index (κ3) is 1.71. The second-order valence-corrected chi connectivity index (χ2v) is 3.10. The highest BCUT2D eigenvalue weighted by Gasteiger charge is 2.23. The van der Waals surface area contributed by atoms with E-state index in [2.05, 4.69) is 4.98 Å².